The molecule has 168 valence electrons. The summed E-state index contributed by atoms with van der Waals surface area (Å²) >= 11 is 0. The van der Waals surface area contributed by atoms with Crippen molar-refractivity contribution in [2.45, 2.75) is 43.2 Å². The number of benzene rings is 2. The highest BCUT2D eigenvalue weighted by Gasteiger charge is 2.37. The van der Waals surface area contributed by atoms with Gasteiger partial charge in [0.15, 0.2) is 0 Å². The van der Waals surface area contributed by atoms with Gasteiger partial charge in [0.2, 0.25) is 0 Å². The number of nitrogens with zero attached hydrogens (tertiary/aromatic N) is 2. The number of hydrogen-bond acceptors (Lipinski definition) is 4. The van der Waals surface area contributed by atoms with Crippen LogP contribution in [0.1, 0.15) is 35.7 Å². The van der Waals surface area contributed by atoms with E-state index in [1.165, 1.54) is 15.2 Å². The second-order valence-electron chi connectivity index (χ2n) is 8.77. The van der Waals surface area contributed by atoms with Crippen molar-refractivity contribution in [3.63, 3.8) is 0 Å². The van der Waals surface area contributed by atoms with Crippen LogP contribution in [0.2, 0.25) is 0 Å². The highest BCUT2D eigenvalue weighted by molar-refractivity contribution is 7.90. The van der Waals surface area contributed by atoms with Crippen molar-refractivity contribution in [2.24, 2.45) is 7.05 Å². The smallest absolute Gasteiger partial charge is 0.268 e. The maximum atomic E-state index is 13.8. The zero-order valence-electron chi connectivity index (χ0n) is 18.3. The quantitative estimate of drug-likeness (QED) is 0.479. The summed E-state index contributed by atoms with van der Waals surface area (Å²) in [7, 11) is -0.124. The molecule has 0 aliphatic carbocycles. The lowest BCUT2D eigenvalue weighted by Crippen LogP contribution is -2.32. The number of methoxy groups -OCH3 is 1. The molecule has 1 fully saturated rings. The maximum Gasteiger partial charge on any atom is 0.268 e. The van der Waals surface area contributed by atoms with Crippen LogP contribution in [-0.2, 0) is 23.5 Å². The summed E-state index contributed by atoms with van der Waals surface area (Å²) in [5, 5.41) is 5.61. The van der Waals surface area contributed by atoms with Crippen molar-refractivity contribution in [3.8, 4) is 5.75 Å². The Labute approximate surface area is 193 Å². The Morgan fingerprint density at radius 1 is 1.12 bits per heavy atom. The van der Waals surface area contributed by atoms with Gasteiger partial charge in [0, 0.05) is 54.3 Å². The minimum Gasteiger partial charge on any atom is -0.495 e. The van der Waals surface area contributed by atoms with Crippen LogP contribution in [-0.4, -0.2) is 30.1 Å². The van der Waals surface area contributed by atoms with Gasteiger partial charge in [0.25, 0.3) is 10.0 Å². The molecule has 4 aromatic rings. The first-order chi connectivity index (χ1) is 14.9. The number of nitrogens with one attached hydrogen (secondary N) is 1. The molecule has 2 bridgehead atoms. The van der Waals surface area contributed by atoms with Crippen molar-refractivity contribution in [2.75, 3.05) is 7.11 Å². The normalized spacial score (nSPS) is 19.8. The Hall–Kier alpha value is -2.48. The van der Waals surface area contributed by atoms with E-state index in [1.807, 2.05) is 37.3 Å². The van der Waals surface area contributed by atoms with Crippen LogP contribution in [0.25, 0.3) is 21.8 Å². The molecule has 0 amide bonds. The Morgan fingerprint density at radius 2 is 1.91 bits per heavy atom. The first-order valence-electron chi connectivity index (χ1n) is 10.7. The third-order valence-corrected chi connectivity index (χ3v) is 8.72. The predicted octanol–water partition coefficient (Wildman–Crippen LogP) is 4.46. The average molecular weight is 472 g/mol. The fraction of sp³-hybridized carbons (Fsp3) is 0.333. The molecule has 1 saturated heterocycles. The lowest BCUT2D eigenvalue weighted by atomic mass is 9.99. The molecule has 2 aromatic heterocycles. The third-order valence-electron chi connectivity index (χ3n) is 7.07. The molecule has 32 heavy (non-hydrogen) atoms. The van der Waals surface area contributed by atoms with Gasteiger partial charge in [-0.3, -0.25) is 0 Å². The summed E-state index contributed by atoms with van der Waals surface area (Å²) in [4.78, 5) is 0.256. The van der Waals surface area contributed by atoms with Crippen LogP contribution in [0.3, 0.4) is 0 Å². The molecule has 0 radical (unpaired) electrons. The van der Waals surface area contributed by atoms with E-state index in [1.54, 1.807) is 19.4 Å². The van der Waals surface area contributed by atoms with Gasteiger partial charge in [-0.15, -0.1) is 12.4 Å². The summed E-state index contributed by atoms with van der Waals surface area (Å²) in [5.74, 6) is 0.594. The standard InChI is InChI=1S/C24H25N3O3S.ClH/c1-14-13-27(20-7-5-4-6-17(14)20)31(28,29)16-11-18-23-19-9-8-15(25-19)10-21(23)26(2)24(18)22(12-16)30-3;/h4-7,11-13,15,19,25H,8-10H2,1-3H3;1H. The van der Waals surface area contributed by atoms with Crippen molar-refractivity contribution in [3.05, 3.63) is 59.4 Å². The van der Waals surface area contributed by atoms with E-state index in [-0.39, 0.29) is 23.3 Å². The second kappa shape index (κ2) is 7.27. The highest BCUT2D eigenvalue weighted by Crippen LogP contribution is 2.44. The molecule has 4 heterocycles. The van der Waals surface area contributed by atoms with Gasteiger partial charge in [0.05, 0.1) is 23.0 Å². The van der Waals surface area contributed by atoms with E-state index in [0.29, 0.717) is 17.3 Å². The van der Waals surface area contributed by atoms with Gasteiger partial charge in [-0.05, 0) is 43.0 Å². The van der Waals surface area contributed by atoms with E-state index in [4.69, 9.17) is 4.74 Å². The number of hydrogen-bond donors (Lipinski definition) is 1. The van der Waals surface area contributed by atoms with Crippen molar-refractivity contribution in [1.29, 1.82) is 0 Å². The number of para-hydroxylation sites is 1. The summed E-state index contributed by atoms with van der Waals surface area (Å²) in [6, 6.07) is 11.9. The Kier molecular flexibility index (Phi) is 4.85. The minimum atomic E-state index is -3.79. The van der Waals surface area contributed by atoms with Crippen LogP contribution < -0.4 is 10.1 Å². The summed E-state index contributed by atoms with van der Waals surface area (Å²) in [6.45, 7) is 1.94. The Morgan fingerprint density at radius 3 is 2.69 bits per heavy atom. The third kappa shape index (κ3) is 2.77. The molecule has 2 unspecified atom stereocenters. The van der Waals surface area contributed by atoms with E-state index >= 15 is 0 Å². The summed E-state index contributed by atoms with van der Waals surface area (Å²) < 4.78 is 36.9. The number of aryl methyl sites for hydroxylation is 2. The Bertz CT molecular complexity index is 1490. The minimum absolute atomic E-state index is 0. The lowest BCUT2D eigenvalue weighted by molar-refractivity contribution is 0.416. The number of aromatic nitrogens is 2. The molecule has 8 heteroatoms. The van der Waals surface area contributed by atoms with Crippen LogP contribution in [0.5, 0.6) is 5.75 Å². The lowest BCUT2D eigenvalue weighted by Gasteiger charge is -2.23. The van der Waals surface area contributed by atoms with Crippen LogP contribution in [0, 0.1) is 6.92 Å². The van der Waals surface area contributed by atoms with Gasteiger partial charge in [0.1, 0.15) is 5.75 Å². The molecule has 0 saturated carbocycles. The zero-order valence-corrected chi connectivity index (χ0v) is 19.9. The molecule has 2 atom stereocenters. The van der Waals surface area contributed by atoms with E-state index in [9.17, 15) is 8.42 Å². The van der Waals surface area contributed by atoms with Gasteiger partial charge in [-0.25, -0.2) is 12.4 Å². The van der Waals surface area contributed by atoms with E-state index in [2.05, 4.69) is 16.9 Å². The Balaban J connectivity index is 0.00000216. The summed E-state index contributed by atoms with van der Waals surface area (Å²) in [5.41, 5.74) is 5.11. The molecule has 2 aliphatic rings. The fourth-order valence-electron chi connectivity index (χ4n) is 5.61. The molecule has 2 aliphatic heterocycles. The maximum absolute atomic E-state index is 13.8. The molecule has 1 N–H and O–H groups in total. The van der Waals surface area contributed by atoms with Crippen molar-refractivity contribution in [1.82, 2.24) is 13.9 Å². The first-order valence-corrected chi connectivity index (χ1v) is 12.1. The van der Waals surface area contributed by atoms with Crippen LogP contribution in [0.15, 0.2) is 47.5 Å². The van der Waals surface area contributed by atoms with Crippen LogP contribution in [0.4, 0.5) is 0 Å². The first kappa shape index (κ1) is 21.4. The monoisotopic (exact) mass is 471 g/mol. The van der Waals surface area contributed by atoms with Gasteiger partial charge >= 0.3 is 0 Å². The molecule has 6 nitrogen and oxygen atoms in total. The average Bonchev–Trinajstić information content (AvgIpc) is 3.41. The number of halogens is 1. The molecule has 6 rings (SSSR count). The largest absolute Gasteiger partial charge is 0.495 e. The zero-order chi connectivity index (χ0) is 21.5. The number of fused-ring (bicyclic) bond motifs is 7. The molecule has 2 aromatic carbocycles. The molecular weight excluding hydrogens is 446 g/mol. The van der Waals surface area contributed by atoms with Crippen molar-refractivity contribution < 1.29 is 13.2 Å². The second-order valence-corrected chi connectivity index (χ2v) is 10.6. The van der Waals surface area contributed by atoms with E-state index in [0.717, 1.165) is 41.1 Å². The predicted molar refractivity (Wildman–Crippen MR) is 129 cm³/mol. The fourth-order valence-corrected chi connectivity index (χ4v) is 7.08. The van der Waals surface area contributed by atoms with Gasteiger partial charge in [-0.1, -0.05) is 18.2 Å². The summed E-state index contributed by atoms with van der Waals surface area (Å²) in [6.07, 6.45) is 4.91. The van der Waals surface area contributed by atoms with Gasteiger partial charge in [-0.2, -0.15) is 0 Å². The topological polar surface area (TPSA) is 65.3 Å². The SMILES string of the molecule is COc1cc(S(=O)(=O)n2cc(C)c3ccccc32)cc2c3c(n(C)c12)CC1CCC3N1.Cl. The van der Waals surface area contributed by atoms with Crippen molar-refractivity contribution >= 4 is 44.2 Å². The highest BCUT2D eigenvalue weighted by atomic mass is 35.5. The number of rotatable bonds is 3. The van der Waals surface area contributed by atoms with E-state index < -0.39 is 10.0 Å². The number of ether oxygens (including phenoxy) is 1. The van der Waals surface area contributed by atoms with Crippen LogP contribution >= 0.6 is 12.4 Å². The molecular formula is C24H26ClN3O3S. The molecule has 0 spiro atoms. The van der Waals surface area contributed by atoms with Gasteiger partial charge < -0.3 is 14.6 Å².